The lowest BCUT2D eigenvalue weighted by atomic mass is 10.5. The molecule has 0 fully saturated rings. The van der Waals surface area contributed by atoms with Crippen molar-refractivity contribution in [3.63, 3.8) is 0 Å². The third-order valence-corrected chi connectivity index (χ3v) is 0.917. The average molecular weight is 181 g/mol. The highest BCUT2D eigenvalue weighted by Crippen LogP contribution is 2.20. The smallest absolute Gasteiger partial charge is 0.388 e. The fraction of sp³-hybridized carbons (Fsp3) is 0.167. The molecule has 0 aliphatic carbocycles. The van der Waals surface area contributed by atoms with Crippen molar-refractivity contribution < 1.29 is 22.3 Å². The van der Waals surface area contributed by atoms with Gasteiger partial charge in [0.05, 0.1) is 0 Å². The van der Waals surface area contributed by atoms with E-state index in [-0.39, 0.29) is 0 Å². The van der Waals surface area contributed by atoms with Crippen molar-refractivity contribution in [3.05, 3.63) is 24.1 Å². The zero-order chi connectivity index (χ0) is 9.19. The van der Waals surface area contributed by atoms with Gasteiger partial charge in [0.15, 0.2) is 0 Å². The van der Waals surface area contributed by atoms with Gasteiger partial charge in [-0.1, -0.05) is 0 Å². The van der Waals surface area contributed by atoms with Gasteiger partial charge in [0.1, 0.15) is 5.82 Å². The normalized spacial score (nSPS) is 11.3. The van der Waals surface area contributed by atoms with Gasteiger partial charge in [0.2, 0.25) is 5.88 Å². The largest absolute Gasteiger partial charge is 0.574 e. The fourth-order valence-electron chi connectivity index (χ4n) is 0.560. The van der Waals surface area contributed by atoms with Gasteiger partial charge in [-0.05, 0) is 6.07 Å². The molecule has 0 atom stereocenters. The molecule has 6 heteroatoms. The summed E-state index contributed by atoms with van der Waals surface area (Å²) in [5.74, 6) is -1.63. The van der Waals surface area contributed by atoms with Gasteiger partial charge in [-0.2, -0.15) is 0 Å². The number of rotatable bonds is 1. The number of hydrogen-bond donors (Lipinski definition) is 0. The first-order valence-corrected chi connectivity index (χ1v) is 2.85. The van der Waals surface area contributed by atoms with Crippen LogP contribution in [0.3, 0.4) is 0 Å². The Morgan fingerprint density at radius 3 is 2.50 bits per heavy atom. The first-order valence-electron chi connectivity index (χ1n) is 2.85. The Labute approximate surface area is 64.8 Å². The van der Waals surface area contributed by atoms with Crippen LogP contribution in [0.25, 0.3) is 0 Å². The molecule has 12 heavy (non-hydrogen) atoms. The van der Waals surface area contributed by atoms with Crippen LogP contribution in [0.4, 0.5) is 17.6 Å². The van der Waals surface area contributed by atoms with Crippen LogP contribution in [0.5, 0.6) is 5.88 Å². The lowest BCUT2D eigenvalue weighted by molar-refractivity contribution is -0.276. The van der Waals surface area contributed by atoms with Crippen LogP contribution in [-0.2, 0) is 0 Å². The number of pyridine rings is 1. The van der Waals surface area contributed by atoms with Crippen molar-refractivity contribution in [2.75, 3.05) is 0 Å². The molecule has 0 spiro atoms. The van der Waals surface area contributed by atoms with Gasteiger partial charge in [-0.25, -0.2) is 9.37 Å². The number of nitrogens with zero attached hydrogens (tertiary/aromatic N) is 1. The maximum Gasteiger partial charge on any atom is 0.574 e. The van der Waals surface area contributed by atoms with E-state index >= 15 is 0 Å². The standard InChI is InChI=1S/C6H3F4NO/c7-4-1-2-11-5(3-4)12-6(8,9)10/h1-3H. The van der Waals surface area contributed by atoms with Crippen LogP contribution >= 0.6 is 0 Å². The summed E-state index contributed by atoms with van der Waals surface area (Å²) < 4.78 is 50.1. The molecule has 0 amide bonds. The predicted octanol–water partition coefficient (Wildman–Crippen LogP) is 2.12. The summed E-state index contributed by atoms with van der Waals surface area (Å²) in [6.07, 6.45) is -3.95. The zero-order valence-corrected chi connectivity index (χ0v) is 5.60. The highest BCUT2D eigenvalue weighted by molar-refractivity contribution is 5.11. The zero-order valence-electron chi connectivity index (χ0n) is 5.60. The molecular formula is C6H3F4NO. The molecule has 1 aromatic heterocycles. The highest BCUT2D eigenvalue weighted by Gasteiger charge is 2.31. The van der Waals surface area contributed by atoms with Gasteiger partial charge in [0, 0.05) is 12.3 Å². The molecule has 0 aliphatic rings. The summed E-state index contributed by atoms with van der Waals surface area (Å²) in [5.41, 5.74) is 0. The predicted molar refractivity (Wildman–Crippen MR) is 30.9 cm³/mol. The van der Waals surface area contributed by atoms with Crippen molar-refractivity contribution in [1.29, 1.82) is 0 Å². The molecule has 0 N–H and O–H groups in total. The van der Waals surface area contributed by atoms with Crippen LogP contribution in [-0.4, -0.2) is 11.3 Å². The molecule has 0 aliphatic heterocycles. The van der Waals surface area contributed by atoms with Crippen molar-refractivity contribution in [2.24, 2.45) is 0 Å². The Morgan fingerprint density at radius 2 is 2.00 bits per heavy atom. The van der Waals surface area contributed by atoms with Crippen LogP contribution < -0.4 is 4.74 Å². The SMILES string of the molecule is Fc1ccnc(OC(F)(F)F)c1. The molecular weight excluding hydrogens is 178 g/mol. The number of halogens is 4. The molecule has 1 heterocycles. The van der Waals surface area contributed by atoms with Crippen LogP contribution in [0, 0.1) is 5.82 Å². The molecule has 1 rings (SSSR count). The summed E-state index contributed by atoms with van der Waals surface area (Å²) in [4.78, 5) is 3.14. The maximum absolute atomic E-state index is 12.3. The Bertz CT molecular complexity index is 272. The van der Waals surface area contributed by atoms with E-state index in [1.165, 1.54) is 0 Å². The van der Waals surface area contributed by atoms with E-state index < -0.39 is 18.1 Å². The average Bonchev–Trinajstić information content (AvgIpc) is 1.82. The molecule has 66 valence electrons. The molecule has 0 bridgehead atoms. The second-order valence-corrected chi connectivity index (χ2v) is 1.86. The monoisotopic (exact) mass is 181 g/mol. The molecule has 0 saturated heterocycles. The third-order valence-electron chi connectivity index (χ3n) is 0.917. The Kier molecular flexibility index (Phi) is 2.16. The number of aromatic nitrogens is 1. The van der Waals surface area contributed by atoms with Crippen LogP contribution in [0.2, 0.25) is 0 Å². The second-order valence-electron chi connectivity index (χ2n) is 1.86. The van der Waals surface area contributed by atoms with E-state index in [9.17, 15) is 17.6 Å². The lowest BCUT2D eigenvalue weighted by Crippen LogP contribution is -2.17. The van der Waals surface area contributed by atoms with Gasteiger partial charge < -0.3 is 4.74 Å². The first-order chi connectivity index (χ1) is 5.47. The first kappa shape index (κ1) is 8.76. The maximum atomic E-state index is 12.3. The molecule has 0 radical (unpaired) electrons. The molecule has 0 saturated carbocycles. The molecule has 2 nitrogen and oxygen atoms in total. The van der Waals surface area contributed by atoms with Crippen LogP contribution in [0.15, 0.2) is 18.3 Å². The van der Waals surface area contributed by atoms with E-state index in [1.54, 1.807) is 0 Å². The minimum absolute atomic E-state index is 0.549. The summed E-state index contributed by atoms with van der Waals surface area (Å²) in [6, 6.07) is 1.47. The molecule has 1 aromatic rings. The van der Waals surface area contributed by atoms with E-state index in [0.29, 0.717) is 6.07 Å². The highest BCUT2D eigenvalue weighted by atomic mass is 19.4. The number of alkyl halides is 3. The summed E-state index contributed by atoms with van der Waals surface area (Å²) in [7, 11) is 0. The Hall–Kier alpha value is -1.33. The van der Waals surface area contributed by atoms with E-state index in [2.05, 4.69) is 9.72 Å². The summed E-state index contributed by atoms with van der Waals surface area (Å²) >= 11 is 0. The van der Waals surface area contributed by atoms with Gasteiger partial charge >= 0.3 is 6.36 Å². The van der Waals surface area contributed by atoms with E-state index in [0.717, 1.165) is 12.3 Å². The molecule has 0 aromatic carbocycles. The van der Waals surface area contributed by atoms with Crippen molar-refractivity contribution in [1.82, 2.24) is 4.98 Å². The van der Waals surface area contributed by atoms with E-state index in [1.807, 2.05) is 0 Å². The second kappa shape index (κ2) is 2.96. The fourth-order valence-corrected chi connectivity index (χ4v) is 0.560. The Balaban J connectivity index is 2.77. The minimum Gasteiger partial charge on any atom is -0.388 e. The molecule has 0 unspecified atom stereocenters. The summed E-state index contributed by atoms with van der Waals surface area (Å²) in [6.45, 7) is 0. The van der Waals surface area contributed by atoms with Crippen molar-refractivity contribution in [2.45, 2.75) is 6.36 Å². The van der Waals surface area contributed by atoms with Gasteiger partial charge in [-0.3, -0.25) is 0 Å². The number of hydrogen-bond acceptors (Lipinski definition) is 2. The van der Waals surface area contributed by atoms with E-state index in [4.69, 9.17) is 0 Å². The lowest BCUT2D eigenvalue weighted by Gasteiger charge is -2.06. The Morgan fingerprint density at radius 1 is 1.33 bits per heavy atom. The minimum atomic E-state index is -4.83. The van der Waals surface area contributed by atoms with Crippen molar-refractivity contribution in [3.8, 4) is 5.88 Å². The van der Waals surface area contributed by atoms with Crippen LogP contribution in [0.1, 0.15) is 0 Å². The topological polar surface area (TPSA) is 22.1 Å². The number of ether oxygens (including phenoxy) is 1. The quantitative estimate of drug-likeness (QED) is 0.619. The van der Waals surface area contributed by atoms with Gasteiger partial charge in [-0.15, -0.1) is 13.2 Å². The summed E-state index contributed by atoms with van der Waals surface area (Å²) in [5, 5.41) is 0. The third kappa shape index (κ3) is 2.73. The van der Waals surface area contributed by atoms with Gasteiger partial charge in [0.25, 0.3) is 0 Å². The van der Waals surface area contributed by atoms with Crippen molar-refractivity contribution >= 4 is 0 Å².